The Morgan fingerprint density at radius 3 is 2.43 bits per heavy atom. The summed E-state index contributed by atoms with van der Waals surface area (Å²) in [5.41, 5.74) is 4.65. The number of amides is 1. The molecule has 4 nitrogen and oxygen atoms in total. The van der Waals surface area contributed by atoms with Crippen molar-refractivity contribution in [3.63, 3.8) is 0 Å². The van der Waals surface area contributed by atoms with Crippen LogP contribution in [0.3, 0.4) is 0 Å². The van der Waals surface area contributed by atoms with Crippen LogP contribution in [0.25, 0.3) is 11.1 Å². The third-order valence-electron chi connectivity index (χ3n) is 4.78. The second-order valence-corrected chi connectivity index (χ2v) is 7.68. The molecule has 3 rings (SSSR count). The van der Waals surface area contributed by atoms with E-state index in [9.17, 15) is 9.59 Å². The zero-order chi connectivity index (χ0) is 21.7. The van der Waals surface area contributed by atoms with Gasteiger partial charge in [-0.05, 0) is 59.9 Å². The molecule has 0 heterocycles. The fourth-order valence-corrected chi connectivity index (χ4v) is 3.49. The van der Waals surface area contributed by atoms with Crippen molar-refractivity contribution in [3.8, 4) is 11.1 Å². The molecule has 0 fully saturated rings. The van der Waals surface area contributed by atoms with Crippen molar-refractivity contribution in [1.82, 2.24) is 0 Å². The summed E-state index contributed by atoms with van der Waals surface area (Å²) in [6.07, 6.45) is 0.723. The third kappa shape index (κ3) is 5.21. The normalized spacial score (nSPS) is 10.5. The number of aryl methyl sites for hydroxylation is 2. The molecule has 0 unspecified atom stereocenters. The van der Waals surface area contributed by atoms with Gasteiger partial charge in [0, 0.05) is 6.42 Å². The van der Waals surface area contributed by atoms with Crippen LogP contribution in [0.4, 0.5) is 5.69 Å². The van der Waals surface area contributed by atoms with Crippen LogP contribution < -0.4 is 5.32 Å². The molecule has 3 aromatic rings. The Bertz CT molecular complexity index is 1100. The highest BCUT2D eigenvalue weighted by Gasteiger charge is 2.16. The van der Waals surface area contributed by atoms with Crippen LogP contribution in [-0.4, -0.2) is 19.0 Å². The first-order valence-electron chi connectivity index (χ1n) is 9.41. The molecule has 0 spiro atoms. The van der Waals surface area contributed by atoms with Gasteiger partial charge in [0.15, 0.2) is 0 Å². The second-order valence-electron chi connectivity index (χ2n) is 6.86. The molecular weight excluding hydrogens is 421 g/mol. The first kappa shape index (κ1) is 21.9. The molecule has 0 radical (unpaired) electrons. The first-order valence-corrected chi connectivity index (χ1v) is 10.2. The fraction of sp³-hybridized carbons (Fsp3) is 0.167. The highest BCUT2D eigenvalue weighted by Crippen LogP contribution is 2.29. The van der Waals surface area contributed by atoms with E-state index in [4.69, 9.17) is 27.9 Å². The van der Waals surface area contributed by atoms with E-state index in [2.05, 4.69) is 5.32 Å². The summed E-state index contributed by atoms with van der Waals surface area (Å²) < 4.78 is 4.86. The average molecular weight is 442 g/mol. The van der Waals surface area contributed by atoms with Gasteiger partial charge in [-0.15, -0.1) is 0 Å². The van der Waals surface area contributed by atoms with Gasteiger partial charge in [0.2, 0.25) is 5.91 Å². The Hall–Kier alpha value is -2.82. The number of anilines is 1. The third-order valence-corrected chi connectivity index (χ3v) is 5.52. The Kier molecular flexibility index (Phi) is 7.14. The van der Waals surface area contributed by atoms with Crippen LogP contribution in [0, 0.1) is 6.92 Å². The fourth-order valence-electron chi connectivity index (χ4n) is 3.17. The molecule has 0 aliphatic carbocycles. The van der Waals surface area contributed by atoms with Crippen LogP contribution in [0.5, 0.6) is 0 Å². The van der Waals surface area contributed by atoms with E-state index >= 15 is 0 Å². The maximum atomic E-state index is 12.6. The summed E-state index contributed by atoms with van der Waals surface area (Å²) in [4.78, 5) is 24.8. The van der Waals surface area contributed by atoms with Gasteiger partial charge < -0.3 is 10.1 Å². The molecule has 154 valence electrons. The van der Waals surface area contributed by atoms with Gasteiger partial charge in [-0.1, -0.05) is 59.6 Å². The van der Waals surface area contributed by atoms with Crippen molar-refractivity contribution in [1.29, 1.82) is 0 Å². The monoisotopic (exact) mass is 441 g/mol. The van der Waals surface area contributed by atoms with Gasteiger partial charge in [-0.3, -0.25) is 4.79 Å². The lowest BCUT2D eigenvalue weighted by Gasteiger charge is -2.13. The summed E-state index contributed by atoms with van der Waals surface area (Å²) >= 11 is 12.0. The van der Waals surface area contributed by atoms with Crippen molar-refractivity contribution in [2.75, 3.05) is 12.4 Å². The van der Waals surface area contributed by atoms with E-state index in [0.717, 1.165) is 22.3 Å². The minimum absolute atomic E-state index is 0.215. The van der Waals surface area contributed by atoms with E-state index in [1.165, 1.54) is 7.11 Å². The molecule has 6 heteroatoms. The molecule has 1 amide bonds. The molecule has 3 aromatic carbocycles. The number of methoxy groups -OCH3 is 1. The summed E-state index contributed by atoms with van der Waals surface area (Å²) in [6.45, 7) is 2.01. The molecule has 0 saturated heterocycles. The Balaban J connectivity index is 1.82. The maximum absolute atomic E-state index is 12.6. The highest BCUT2D eigenvalue weighted by molar-refractivity contribution is 6.42. The number of carbonyl (C=O) groups is 2. The minimum atomic E-state index is -0.508. The van der Waals surface area contributed by atoms with Crippen LogP contribution >= 0.6 is 23.2 Å². The number of nitrogens with one attached hydrogen (secondary N) is 1. The van der Waals surface area contributed by atoms with E-state index in [1.54, 1.807) is 24.3 Å². The molecule has 1 N–H and O–H groups in total. The van der Waals surface area contributed by atoms with Gasteiger partial charge in [0.1, 0.15) is 0 Å². The zero-order valence-corrected chi connectivity index (χ0v) is 18.2. The molecule has 0 aromatic heterocycles. The summed E-state index contributed by atoms with van der Waals surface area (Å²) in [6, 6.07) is 18.5. The number of benzene rings is 3. The lowest BCUT2D eigenvalue weighted by atomic mass is 9.98. The smallest absolute Gasteiger partial charge is 0.339 e. The number of rotatable bonds is 6. The number of hydrogen-bond acceptors (Lipinski definition) is 3. The van der Waals surface area contributed by atoms with Gasteiger partial charge >= 0.3 is 5.97 Å². The van der Waals surface area contributed by atoms with Crippen LogP contribution in [0.1, 0.15) is 27.9 Å². The van der Waals surface area contributed by atoms with E-state index in [-0.39, 0.29) is 12.3 Å². The molecule has 0 bridgehead atoms. The van der Waals surface area contributed by atoms with Gasteiger partial charge in [-0.25, -0.2) is 4.79 Å². The molecule has 30 heavy (non-hydrogen) atoms. The molecule has 0 saturated carbocycles. The summed E-state index contributed by atoms with van der Waals surface area (Å²) in [5, 5.41) is 3.78. The van der Waals surface area contributed by atoms with Gasteiger partial charge in [0.05, 0.1) is 28.4 Å². The molecule has 0 aliphatic heterocycles. The van der Waals surface area contributed by atoms with Crippen molar-refractivity contribution in [3.05, 3.63) is 87.4 Å². The molecule has 0 aliphatic rings. The minimum Gasteiger partial charge on any atom is -0.465 e. The van der Waals surface area contributed by atoms with Crippen molar-refractivity contribution >= 4 is 40.8 Å². The quantitative estimate of drug-likeness (QED) is 0.454. The Labute approximate surface area is 185 Å². The standard InChI is InChI=1S/C24H21Cl2NO3/c1-15-5-3-4-6-18(15)17-9-10-19(24(29)30-2)22(14-17)27-23(28)12-8-16-7-11-20(25)21(26)13-16/h3-7,9-11,13-14H,8,12H2,1-2H3,(H,27,28). The zero-order valence-electron chi connectivity index (χ0n) is 16.7. The Morgan fingerprint density at radius 2 is 1.73 bits per heavy atom. The van der Waals surface area contributed by atoms with Gasteiger partial charge in [0.25, 0.3) is 0 Å². The largest absolute Gasteiger partial charge is 0.465 e. The molecule has 0 atom stereocenters. The second kappa shape index (κ2) is 9.79. The van der Waals surface area contributed by atoms with Crippen molar-refractivity contribution < 1.29 is 14.3 Å². The SMILES string of the molecule is COC(=O)c1ccc(-c2ccccc2C)cc1NC(=O)CCc1ccc(Cl)c(Cl)c1. The van der Waals surface area contributed by atoms with E-state index in [1.807, 2.05) is 43.3 Å². The lowest BCUT2D eigenvalue weighted by molar-refractivity contribution is -0.116. The topological polar surface area (TPSA) is 55.4 Å². The molecular formula is C24H21Cl2NO3. The number of carbonyl (C=O) groups excluding carboxylic acids is 2. The predicted molar refractivity (Wildman–Crippen MR) is 121 cm³/mol. The number of hydrogen-bond donors (Lipinski definition) is 1. The van der Waals surface area contributed by atoms with Crippen molar-refractivity contribution in [2.24, 2.45) is 0 Å². The summed E-state index contributed by atoms with van der Waals surface area (Å²) in [5.74, 6) is -0.723. The van der Waals surface area contributed by atoms with E-state index < -0.39 is 5.97 Å². The van der Waals surface area contributed by atoms with Gasteiger partial charge in [-0.2, -0.15) is 0 Å². The number of esters is 1. The first-order chi connectivity index (χ1) is 14.4. The summed E-state index contributed by atoms with van der Waals surface area (Å²) in [7, 11) is 1.31. The number of ether oxygens (including phenoxy) is 1. The van der Waals surface area contributed by atoms with Crippen LogP contribution in [0.2, 0.25) is 10.0 Å². The maximum Gasteiger partial charge on any atom is 0.339 e. The van der Waals surface area contributed by atoms with E-state index in [0.29, 0.717) is 27.7 Å². The van der Waals surface area contributed by atoms with Crippen molar-refractivity contribution in [2.45, 2.75) is 19.8 Å². The number of halogens is 2. The van der Waals surface area contributed by atoms with Crippen LogP contribution in [0.15, 0.2) is 60.7 Å². The average Bonchev–Trinajstić information content (AvgIpc) is 2.74. The lowest BCUT2D eigenvalue weighted by Crippen LogP contribution is -2.16. The highest BCUT2D eigenvalue weighted by atomic mass is 35.5. The predicted octanol–water partition coefficient (Wildman–Crippen LogP) is 6.33. The Morgan fingerprint density at radius 1 is 0.967 bits per heavy atom. The van der Waals surface area contributed by atoms with Crippen LogP contribution in [-0.2, 0) is 16.0 Å².